The van der Waals surface area contributed by atoms with Crippen LogP contribution in [0.3, 0.4) is 0 Å². The molecule has 0 saturated carbocycles. The van der Waals surface area contributed by atoms with E-state index in [1.807, 2.05) is 24.3 Å². The van der Waals surface area contributed by atoms with Gasteiger partial charge in [-0.2, -0.15) is 0 Å². The summed E-state index contributed by atoms with van der Waals surface area (Å²) < 4.78 is 61.8. The molecule has 1 spiro atoms. The van der Waals surface area contributed by atoms with Crippen LogP contribution in [0, 0.1) is 0 Å². The highest BCUT2D eigenvalue weighted by atomic mass is 19.4. The molecule has 1 unspecified atom stereocenters. The first kappa shape index (κ1) is 22.9. The topological polar surface area (TPSA) is 40.2 Å². The third-order valence-corrected chi connectivity index (χ3v) is 7.22. The molecule has 0 fully saturated rings. The zero-order valence-electron chi connectivity index (χ0n) is 19.9. The Morgan fingerprint density at radius 2 is 1.69 bits per heavy atom. The number of unbranched alkanes of at least 4 members (excludes halogenated alkanes) is 2. The molecule has 3 aromatic carbocycles. The summed E-state index contributed by atoms with van der Waals surface area (Å²) in [5, 5.41) is 0. The smallest absolute Gasteiger partial charge is 0.492 e. The highest BCUT2D eigenvalue weighted by Gasteiger charge is 2.52. The molecule has 8 heteroatoms. The summed E-state index contributed by atoms with van der Waals surface area (Å²) in [6.07, 6.45) is -1.56. The van der Waals surface area contributed by atoms with E-state index in [9.17, 15) is 13.2 Å². The lowest BCUT2D eigenvalue weighted by Gasteiger charge is -2.26. The van der Waals surface area contributed by atoms with E-state index in [-0.39, 0.29) is 12.5 Å². The van der Waals surface area contributed by atoms with Gasteiger partial charge in [-0.25, -0.2) is 0 Å². The van der Waals surface area contributed by atoms with Gasteiger partial charge in [0.15, 0.2) is 11.5 Å². The first-order valence-electron chi connectivity index (χ1n) is 12.2. The maximum absolute atomic E-state index is 13.3. The van der Waals surface area contributed by atoms with Gasteiger partial charge >= 0.3 is 6.36 Å². The van der Waals surface area contributed by atoms with Crippen molar-refractivity contribution in [2.24, 2.45) is 0 Å². The molecule has 3 aliphatic rings. The number of fused-ring (bicyclic) bond motifs is 5. The average Bonchev–Trinajstić information content (AvgIpc) is 3.54. The van der Waals surface area contributed by atoms with Crippen molar-refractivity contribution in [3.8, 4) is 34.1 Å². The number of para-hydroxylation sites is 1. The number of benzene rings is 3. The molecule has 3 aromatic rings. The molecule has 0 amide bonds. The molecule has 0 bridgehead atoms. The van der Waals surface area contributed by atoms with Gasteiger partial charge in [0.2, 0.25) is 6.79 Å². The number of hydrogen-bond donors (Lipinski definition) is 0. The largest absolute Gasteiger partial charge is 0.573 e. The lowest BCUT2D eigenvalue weighted by atomic mass is 9.74. The fraction of sp³-hybridized carbons (Fsp3) is 0.357. The SMILES string of the molecule is CCCCCN1CC2(COc3cc4c(cc32)OCO4)c2c(-c3ccccc3OC(F)(F)F)cccc21. The predicted molar refractivity (Wildman–Crippen MR) is 129 cm³/mol. The highest BCUT2D eigenvalue weighted by molar-refractivity contribution is 5.84. The molecule has 188 valence electrons. The number of halogens is 3. The van der Waals surface area contributed by atoms with E-state index < -0.39 is 11.8 Å². The molecular formula is C28H26F3NO4. The zero-order chi connectivity index (χ0) is 24.9. The van der Waals surface area contributed by atoms with Gasteiger partial charge in [-0.3, -0.25) is 0 Å². The van der Waals surface area contributed by atoms with Crippen molar-refractivity contribution in [1.82, 2.24) is 0 Å². The fourth-order valence-electron chi connectivity index (χ4n) is 5.71. The molecule has 3 heterocycles. The molecule has 1 atom stereocenters. The van der Waals surface area contributed by atoms with Crippen LogP contribution in [0.15, 0.2) is 54.6 Å². The van der Waals surface area contributed by atoms with Crippen molar-refractivity contribution in [2.45, 2.75) is 38.0 Å². The van der Waals surface area contributed by atoms with E-state index in [1.54, 1.807) is 18.2 Å². The second-order valence-corrected chi connectivity index (χ2v) is 9.44. The Kier molecular flexibility index (Phi) is 5.43. The summed E-state index contributed by atoms with van der Waals surface area (Å²) in [5.74, 6) is 1.79. The molecule has 0 N–H and O–H groups in total. The number of anilines is 1. The number of rotatable bonds is 6. The molecule has 6 rings (SSSR count). The van der Waals surface area contributed by atoms with Gasteiger partial charge in [-0.15, -0.1) is 13.2 Å². The van der Waals surface area contributed by atoms with Gasteiger partial charge in [0, 0.05) is 36.0 Å². The number of alkyl halides is 3. The van der Waals surface area contributed by atoms with E-state index in [2.05, 4.69) is 22.6 Å². The van der Waals surface area contributed by atoms with Crippen LogP contribution in [0.25, 0.3) is 11.1 Å². The third kappa shape index (κ3) is 3.70. The monoisotopic (exact) mass is 497 g/mol. The van der Waals surface area contributed by atoms with E-state index in [4.69, 9.17) is 14.2 Å². The van der Waals surface area contributed by atoms with Gasteiger partial charge in [0.05, 0.1) is 5.41 Å². The Morgan fingerprint density at radius 3 is 2.50 bits per heavy atom. The van der Waals surface area contributed by atoms with E-state index in [1.165, 1.54) is 6.07 Å². The second kappa shape index (κ2) is 8.54. The minimum Gasteiger partial charge on any atom is -0.492 e. The van der Waals surface area contributed by atoms with Crippen LogP contribution in [-0.2, 0) is 5.41 Å². The minimum absolute atomic E-state index is 0.151. The first-order chi connectivity index (χ1) is 17.4. The first-order valence-corrected chi connectivity index (χ1v) is 12.2. The zero-order valence-corrected chi connectivity index (χ0v) is 19.9. The summed E-state index contributed by atoms with van der Waals surface area (Å²) >= 11 is 0. The highest BCUT2D eigenvalue weighted by Crippen LogP contribution is 2.57. The summed E-state index contributed by atoms with van der Waals surface area (Å²) in [5.41, 5.74) is 3.47. The van der Waals surface area contributed by atoms with Crippen LogP contribution in [0.4, 0.5) is 18.9 Å². The van der Waals surface area contributed by atoms with E-state index >= 15 is 0 Å². The quantitative estimate of drug-likeness (QED) is 0.356. The van der Waals surface area contributed by atoms with Crippen molar-refractivity contribution >= 4 is 5.69 Å². The van der Waals surface area contributed by atoms with Crippen molar-refractivity contribution in [3.63, 3.8) is 0 Å². The fourth-order valence-corrected chi connectivity index (χ4v) is 5.71. The third-order valence-electron chi connectivity index (χ3n) is 7.22. The van der Waals surface area contributed by atoms with Crippen LogP contribution < -0.4 is 23.8 Å². The van der Waals surface area contributed by atoms with Crippen LogP contribution in [0.2, 0.25) is 0 Å². The Bertz CT molecular complexity index is 1310. The van der Waals surface area contributed by atoms with Crippen molar-refractivity contribution in [3.05, 3.63) is 65.7 Å². The van der Waals surface area contributed by atoms with Crippen molar-refractivity contribution in [1.29, 1.82) is 0 Å². The van der Waals surface area contributed by atoms with Crippen LogP contribution in [0.1, 0.15) is 37.3 Å². The van der Waals surface area contributed by atoms with Crippen molar-refractivity contribution < 1.29 is 32.1 Å². The van der Waals surface area contributed by atoms with E-state index in [0.29, 0.717) is 35.8 Å². The molecule has 0 radical (unpaired) electrons. The average molecular weight is 498 g/mol. The van der Waals surface area contributed by atoms with Gasteiger partial charge in [0.25, 0.3) is 0 Å². The molecule has 5 nitrogen and oxygen atoms in total. The Balaban J connectivity index is 1.54. The van der Waals surface area contributed by atoms with Gasteiger partial charge < -0.3 is 23.8 Å². The Morgan fingerprint density at radius 1 is 0.917 bits per heavy atom. The standard InChI is InChI=1S/C28H26F3NO4/c1-2-3-6-12-32-15-27(16-33-23-14-25-24(13-20(23)27)34-17-35-25)26-19(9-7-10-21(26)32)18-8-4-5-11-22(18)36-28(29,30)31/h4-5,7-11,13-14H,2-3,6,12,15-17H2,1H3. The van der Waals surface area contributed by atoms with E-state index in [0.717, 1.165) is 48.4 Å². The molecule has 3 aliphatic heterocycles. The summed E-state index contributed by atoms with van der Waals surface area (Å²) in [4.78, 5) is 2.34. The molecule has 0 aromatic heterocycles. The van der Waals surface area contributed by atoms with Crippen LogP contribution >= 0.6 is 0 Å². The number of ether oxygens (including phenoxy) is 4. The molecule has 36 heavy (non-hydrogen) atoms. The molecular weight excluding hydrogens is 471 g/mol. The lowest BCUT2D eigenvalue weighted by Crippen LogP contribution is -2.36. The number of nitrogens with zero attached hydrogens (tertiary/aromatic N) is 1. The minimum atomic E-state index is -4.79. The Labute approximate surface area is 207 Å². The number of hydrogen-bond acceptors (Lipinski definition) is 5. The maximum Gasteiger partial charge on any atom is 0.573 e. The van der Waals surface area contributed by atoms with Gasteiger partial charge in [-0.1, -0.05) is 50.1 Å². The van der Waals surface area contributed by atoms with Crippen molar-refractivity contribution in [2.75, 3.05) is 31.4 Å². The lowest BCUT2D eigenvalue weighted by molar-refractivity contribution is -0.274. The summed E-state index contributed by atoms with van der Waals surface area (Å²) in [7, 11) is 0. The van der Waals surface area contributed by atoms with Gasteiger partial charge in [-0.05, 0) is 35.7 Å². The van der Waals surface area contributed by atoms with Crippen LogP contribution in [0.5, 0.6) is 23.0 Å². The Hall–Kier alpha value is -3.55. The normalized spacial score (nSPS) is 19.4. The van der Waals surface area contributed by atoms with Crippen LogP contribution in [-0.4, -0.2) is 32.9 Å². The second-order valence-electron chi connectivity index (χ2n) is 9.44. The summed E-state index contributed by atoms with van der Waals surface area (Å²) in [6, 6.07) is 16.0. The molecule has 0 saturated heterocycles. The maximum atomic E-state index is 13.3. The molecule has 0 aliphatic carbocycles. The van der Waals surface area contributed by atoms with Gasteiger partial charge in [0.1, 0.15) is 18.1 Å². The summed E-state index contributed by atoms with van der Waals surface area (Å²) in [6.45, 7) is 4.21. The predicted octanol–water partition coefficient (Wildman–Crippen LogP) is 6.67.